The molecule has 0 aliphatic rings. The van der Waals surface area contributed by atoms with Gasteiger partial charge in [-0.1, -0.05) is 0 Å². The summed E-state index contributed by atoms with van der Waals surface area (Å²) >= 11 is 0. The SMILES string of the molecule is CON=O.CON=O. The molecule has 0 heterocycles. The number of hydrogen-bond donors (Lipinski definition) is 0. The molecule has 0 bridgehead atoms. The number of nitrogens with zero attached hydrogens (tertiary/aromatic N) is 2. The van der Waals surface area contributed by atoms with Gasteiger partial charge < -0.3 is 9.68 Å². The molecule has 0 aliphatic heterocycles. The molecule has 0 amide bonds. The molecule has 0 aromatic rings. The third kappa shape index (κ3) is 108. The molecule has 6 nitrogen and oxygen atoms in total. The van der Waals surface area contributed by atoms with E-state index in [2.05, 4.69) is 9.68 Å². The Morgan fingerprint density at radius 1 is 1.00 bits per heavy atom. The molecule has 48 valence electrons. The Balaban J connectivity index is 0. The molecule has 0 rings (SSSR count). The molecule has 0 atom stereocenters. The molecule has 8 heavy (non-hydrogen) atoms. The van der Waals surface area contributed by atoms with E-state index in [-0.39, 0.29) is 0 Å². The van der Waals surface area contributed by atoms with Gasteiger partial charge in [-0.2, -0.15) is 0 Å². The molecular formula is C2H6N2O4. The van der Waals surface area contributed by atoms with Crippen LogP contribution in [0.4, 0.5) is 0 Å². The second-order valence-electron chi connectivity index (χ2n) is 0.514. The van der Waals surface area contributed by atoms with E-state index in [1.54, 1.807) is 0 Å². The lowest BCUT2D eigenvalue weighted by atomic mass is 11.7. The van der Waals surface area contributed by atoms with Crippen molar-refractivity contribution in [2.45, 2.75) is 0 Å². The molecule has 0 aromatic carbocycles. The van der Waals surface area contributed by atoms with E-state index in [4.69, 9.17) is 9.81 Å². The van der Waals surface area contributed by atoms with Crippen molar-refractivity contribution in [1.29, 1.82) is 0 Å². The van der Waals surface area contributed by atoms with Crippen molar-refractivity contribution in [3.63, 3.8) is 0 Å². The molecule has 0 saturated carbocycles. The summed E-state index contributed by atoms with van der Waals surface area (Å²) in [6.07, 6.45) is 0. The number of hydrogen-bond acceptors (Lipinski definition) is 6. The van der Waals surface area contributed by atoms with Crippen molar-refractivity contribution in [3.8, 4) is 0 Å². The zero-order chi connectivity index (χ0) is 6.83. The summed E-state index contributed by atoms with van der Waals surface area (Å²) in [4.78, 5) is 24.6. The lowest BCUT2D eigenvalue weighted by molar-refractivity contribution is 0.208. The van der Waals surface area contributed by atoms with E-state index >= 15 is 0 Å². The van der Waals surface area contributed by atoms with Crippen LogP contribution in [0, 0.1) is 9.81 Å². The van der Waals surface area contributed by atoms with Crippen molar-refractivity contribution >= 4 is 0 Å². The molecule has 0 fully saturated rings. The van der Waals surface area contributed by atoms with Crippen LogP contribution in [0.3, 0.4) is 0 Å². The highest BCUT2D eigenvalue weighted by Crippen LogP contribution is 1.52. The van der Waals surface area contributed by atoms with Crippen LogP contribution in [-0.4, -0.2) is 14.2 Å². The third-order valence-electron chi connectivity index (χ3n) is 0.149. The van der Waals surface area contributed by atoms with Gasteiger partial charge >= 0.3 is 0 Å². The summed E-state index contributed by atoms with van der Waals surface area (Å²) in [6, 6.07) is 0. The fourth-order valence-electron chi connectivity index (χ4n) is 0. The maximum atomic E-state index is 8.70. The summed E-state index contributed by atoms with van der Waals surface area (Å²) < 4.78 is 0. The van der Waals surface area contributed by atoms with Gasteiger partial charge in [-0.05, 0) is 0 Å². The van der Waals surface area contributed by atoms with E-state index in [0.29, 0.717) is 0 Å². The van der Waals surface area contributed by atoms with E-state index in [1.165, 1.54) is 14.2 Å². The van der Waals surface area contributed by atoms with Crippen LogP contribution in [0.15, 0.2) is 10.7 Å². The fraction of sp³-hybridized carbons (Fsp3) is 1.00. The highest BCUT2D eigenvalue weighted by molar-refractivity contribution is 3.90. The van der Waals surface area contributed by atoms with E-state index in [0.717, 1.165) is 0 Å². The molecule has 6 heteroatoms. The Hall–Kier alpha value is -1.20. The molecule has 0 radical (unpaired) electrons. The van der Waals surface area contributed by atoms with Gasteiger partial charge in [0.25, 0.3) is 0 Å². The molecule has 0 saturated heterocycles. The average molecular weight is 122 g/mol. The van der Waals surface area contributed by atoms with Crippen LogP contribution in [0.1, 0.15) is 0 Å². The smallest absolute Gasteiger partial charge is 0.154 e. The van der Waals surface area contributed by atoms with Crippen molar-refractivity contribution in [1.82, 2.24) is 0 Å². The minimum atomic E-state index is 1.20. The largest absolute Gasteiger partial charge is 0.367 e. The van der Waals surface area contributed by atoms with Crippen molar-refractivity contribution in [2.75, 3.05) is 14.2 Å². The zero-order valence-electron chi connectivity index (χ0n) is 4.53. The summed E-state index contributed by atoms with van der Waals surface area (Å²) in [6.45, 7) is 0. The van der Waals surface area contributed by atoms with Crippen LogP contribution in [0.2, 0.25) is 0 Å². The number of rotatable bonds is 2. The van der Waals surface area contributed by atoms with Crippen LogP contribution >= 0.6 is 0 Å². The van der Waals surface area contributed by atoms with Gasteiger partial charge in [0, 0.05) is 0 Å². The Morgan fingerprint density at radius 3 is 1.12 bits per heavy atom. The summed E-state index contributed by atoms with van der Waals surface area (Å²) in [5.41, 5.74) is 0. The Bertz CT molecular complexity index is 48.0. The summed E-state index contributed by atoms with van der Waals surface area (Å²) in [5.74, 6) is 0. The lowest BCUT2D eigenvalue weighted by Crippen LogP contribution is -1.53. The van der Waals surface area contributed by atoms with Gasteiger partial charge in [-0.25, -0.2) is 0 Å². The van der Waals surface area contributed by atoms with Gasteiger partial charge in [-0.15, -0.1) is 9.81 Å². The van der Waals surface area contributed by atoms with Gasteiger partial charge in [-0.3, -0.25) is 0 Å². The second-order valence-corrected chi connectivity index (χ2v) is 0.514. The predicted octanol–water partition coefficient (Wildman–Crippen LogP) is 0.628. The van der Waals surface area contributed by atoms with E-state index in [1.807, 2.05) is 10.7 Å². The average Bonchev–Trinajstić information content (AvgIpc) is 1.88. The minimum Gasteiger partial charge on any atom is -0.367 e. The Labute approximate surface area is 45.6 Å². The molecular weight excluding hydrogens is 116 g/mol. The molecule has 0 spiro atoms. The van der Waals surface area contributed by atoms with Crippen molar-refractivity contribution in [2.24, 2.45) is 10.7 Å². The first-order chi connectivity index (χ1) is 3.83. The van der Waals surface area contributed by atoms with Crippen molar-refractivity contribution < 1.29 is 9.68 Å². The third-order valence-corrected chi connectivity index (χ3v) is 0.149. The Kier molecular flexibility index (Phi) is 21.2. The van der Waals surface area contributed by atoms with Crippen LogP contribution in [0.25, 0.3) is 0 Å². The lowest BCUT2D eigenvalue weighted by Gasteiger charge is -1.63. The van der Waals surface area contributed by atoms with Gasteiger partial charge in [0.05, 0.1) is 0 Å². The molecule has 0 unspecified atom stereocenters. The zero-order valence-corrected chi connectivity index (χ0v) is 4.53. The van der Waals surface area contributed by atoms with E-state index < -0.39 is 0 Å². The predicted molar refractivity (Wildman–Crippen MR) is 25.6 cm³/mol. The van der Waals surface area contributed by atoms with Crippen molar-refractivity contribution in [3.05, 3.63) is 9.81 Å². The first-order valence-electron chi connectivity index (χ1n) is 1.55. The maximum Gasteiger partial charge on any atom is 0.154 e. The summed E-state index contributed by atoms with van der Waals surface area (Å²) in [5, 5.41) is 3.97. The molecule has 0 N–H and O–H groups in total. The maximum absolute atomic E-state index is 8.70. The highest BCUT2D eigenvalue weighted by Gasteiger charge is 1.44. The fourth-order valence-corrected chi connectivity index (χ4v) is 0. The first kappa shape index (κ1) is 9.93. The standard InChI is InChI=1S/2CH3NO2/c2*1-4-2-3/h2*1H3. The van der Waals surface area contributed by atoms with Gasteiger partial charge in [0.15, 0.2) is 10.7 Å². The quantitative estimate of drug-likeness (QED) is 0.397. The Morgan fingerprint density at radius 2 is 1.12 bits per heavy atom. The highest BCUT2D eigenvalue weighted by atomic mass is 16.7. The monoisotopic (exact) mass is 122 g/mol. The van der Waals surface area contributed by atoms with Gasteiger partial charge in [0.2, 0.25) is 0 Å². The van der Waals surface area contributed by atoms with Gasteiger partial charge in [0.1, 0.15) is 14.2 Å². The summed E-state index contributed by atoms with van der Waals surface area (Å²) in [7, 11) is 2.40. The molecule has 0 aromatic heterocycles. The van der Waals surface area contributed by atoms with E-state index in [9.17, 15) is 0 Å². The van der Waals surface area contributed by atoms with Crippen LogP contribution in [-0.2, 0) is 9.68 Å². The first-order valence-corrected chi connectivity index (χ1v) is 1.55. The molecule has 0 aliphatic carbocycles. The van der Waals surface area contributed by atoms with Crippen LogP contribution < -0.4 is 0 Å². The second kappa shape index (κ2) is 17.0. The minimum absolute atomic E-state index is 1.20. The topological polar surface area (TPSA) is 77.3 Å². The van der Waals surface area contributed by atoms with Crippen LogP contribution in [0.5, 0.6) is 0 Å². The normalized spacial score (nSPS) is 5.25.